The van der Waals surface area contributed by atoms with E-state index in [-0.39, 0.29) is 0 Å². The lowest BCUT2D eigenvalue weighted by atomic mass is 10.2. The summed E-state index contributed by atoms with van der Waals surface area (Å²) in [5.74, 6) is 0.955. The molecule has 0 atom stereocenters. The number of hydrogen-bond acceptors (Lipinski definition) is 5. The first-order chi connectivity index (χ1) is 15.0. The Morgan fingerprint density at radius 2 is 1.68 bits per heavy atom. The van der Waals surface area contributed by atoms with Crippen molar-refractivity contribution in [3.8, 4) is 17.2 Å². The van der Waals surface area contributed by atoms with Gasteiger partial charge in [-0.25, -0.2) is 5.43 Å². The molecule has 0 aliphatic heterocycles. The third-order valence-electron chi connectivity index (χ3n) is 4.27. The molecule has 0 radical (unpaired) electrons. The van der Waals surface area contributed by atoms with Crippen molar-refractivity contribution >= 4 is 35.3 Å². The van der Waals surface area contributed by atoms with Crippen LogP contribution in [0.25, 0.3) is 0 Å². The molecule has 0 aliphatic carbocycles. The van der Waals surface area contributed by atoms with Gasteiger partial charge in [-0.05, 0) is 41.5 Å². The highest BCUT2D eigenvalue weighted by molar-refractivity contribution is 6.37. The first-order valence-corrected chi connectivity index (χ1v) is 9.98. The molecule has 3 aromatic carbocycles. The first kappa shape index (κ1) is 22.5. The number of rotatable bonds is 8. The molecule has 0 saturated heterocycles. The molecular weight excluding hydrogens is 439 g/mol. The summed E-state index contributed by atoms with van der Waals surface area (Å²) in [5.41, 5.74) is 4.46. The zero-order chi connectivity index (χ0) is 22.2. The average Bonchev–Trinajstić information content (AvgIpc) is 2.78. The summed E-state index contributed by atoms with van der Waals surface area (Å²) < 4.78 is 16.3. The minimum absolute atomic E-state index is 0.346. The van der Waals surface area contributed by atoms with E-state index in [1.165, 1.54) is 20.4 Å². The van der Waals surface area contributed by atoms with Crippen molar-refractivity contribution in [2.45, 2.75) is 6.61 Å². The lowest BCUT2D eigenvalue weighted by Gasteiger charge is -2.12. The highest BCUT2D eigenvalue weighted by Gasteiger charge is 2.12. The Morgan fingerprint density at radius 3 is 2.32 bits per heavy atom. The van der Waals surface area contributed by atoms with Crippen LogP contribution in [0.1, 0.15) is 21.5 Å². The Balaban J connectivity index is 1.65. The van der Waals surface area contributed by atoms with Crippen LogP contribution in [0.5, 0.6) is 17.2 Å². The lowest BCUT2D eigenvalue weighted by Crippen LogP contribution is -2.17. The topological polar surface area (TPSA) is 69.2 Å². The SMILES string of the molecule is COc1cc(C(=O)N/N=C/c2cc(Cl)c(OC)c(Cl)c2)ccc1OCc1ccccc1. The van der Waals surface area contributed by atoms with Gasteiger partial charge in [0.2, 0.25) is 0 Å². The van der Waals surface area contributed by atoms with E-state index >= 15 is 0 Å². The number of carbonyl (C=O) groups is 1. The quantitative estimate of drug-likeness (QED) is 0.364. The zero-order valence-corrected chi connectivity index (χ0v) is 18.4. The maximum absolute atomic E-state index is 12.4. The minimum Gasteiger partial charge on any atom is -0.494 e. The second kappa shape index (κ2) is 10.7. The minimum atomic E-state index is -0.408. The Hall–Kier alpha value is -3.22. The maximum atomic E-state index is 12.4. The van der Waals surface area contributed by atoms with Gasteiger partial charge in [0.1, 0.15) is 6.61 Å². The summed E-state index contributed by atoms with van der Waals surface area (Å²) in [5, 5.41) is 4.65. The van der Waals surface area contributed by atoms with E-state index in [1.54, 1.807) is 30.3 Å². The predicted octanol–water partition coefficient (Wildman–Crippen LogP) is 5.35. The zero-order valence-electron chi connectivity index (χ0n) is 16.9. The van der Waals surface area contributed by atoms with E-state index < -0.39 is 5.91 Å². The van der Waals surface area contributed by atoms with Crippen molar-refractivity contribution in [1.82, 2.24) is 5.43 Å². The summed E-state index contributed by atoms with van der Waals surface area (Å²) in [6.45, 7) is 0.389. The van der Waals surface area contributed by atoms with E-state index in [1.807, 2.05) is 30.3 Å². The summed E-state index contributed by atoms with van der Waals surface area (Å²) in [6, 6.07) is 17.9. The van der Waals surface area contributed by atoms with Gasteiger partial charge in [0.15, 0.2) is 17.2 Å². The van der Waals surface area contributed by atoms with Gasteiger partial charge in [-0.3, -0.25) is 4.79 Å². The fourth-order valence-electron chi connectivity index (χ4n) is 2.74. The fraction of sp³-hybridized carbons (Fsp3) is 0.130. The number of ether oxygens (including phenoxy) is 3. The van der Waals surface area contributed by atoms with Crippen LogP contribution in [0.3, 0.4) is 0 Å². The molecule has 1 amide bonds. The number of nitrogens with one attached hydrogen (secondary N) is 1. The van der Waals surface area contributed by atoms with Gasteiger partial charge in [-0.15, -0.1) is 0 Å². The number of nitrogens with zero attached hydrogens (tertiary/aromatic N) is 1. The predicted molar refractivity (Wildman–Crippen MR) is 122 cm³/mol. The highest BCUT2D eigenvalue weighted by atomic mass is 35.5. The molecule has 0 aliphatic rings. The van der Waals surface area contributed by atoms with Crippen LogP contribution < -0.4 is 19.6 Å². The number of halogens is 2. The smallest absolute Gasteiger partial charge is 0.271 e. The Labute approximate surface area is 190 Å². The van der Waals surface area contributed by atoms with Crippen LogP contribution >= 0.6 is 23.2 Å². The molecule has 31 heavy (non-hydrogen) atoms. The van der Waals surface area contributed by atoms with Crippen LogP contribution in [0.2, 0.25) is 10.0 Å². The Kier molecular flexibility index (Phi) is 7.76. The van der Waals surface area contributed by atoms with Gasteiger partial charge in [0.05, 0.1) is 30.5 Å². The Morgan fingerprint density at radius 1 is 0.968 bits per heavy atom. The molecule has 0 bridgehead atoms. The molecular formula is C23H20Cl2N2O4. The largest absolute Gasteiger partial charge is 0.494 e. The number of amides is 1. The number of hydrazone groups is 1. The van der Waals surface area contributed by atoms with Crippen molar-refractivity contribution in [1.29, 1.82) is 0 Å². The van der Waals surface area contributed by atoms with Crippen LogP contribution in [0, 0.1) is 0 Å². The van der Waals surface area contributed by atoms with Gasteiger partial charge in [-0.2, -0.15) is 5.10 Å². The third kappa shape index (κ3) is 5.90. The monoisotopic (exact) mass is 458 g/mol. The van der Waals surface area contributed by atoms with Gasteiger partial charge in [0.25, 0.3) is 5.91 Å². The normalized spacial score (nSPS) is 10.7. The second-order valence-electron chi connectivity index (χ2n) is 6.36. The van der Waals surface area contributed by atoms with Crippen LogP contribution in [0.4, 0.5) is 0 Å². The van der Waals surface area contributed by atoms with E-state index in [2.05, 4.69) is 10.5 Å². The fourth-order valence-corrected chi connectivity index (χ4v) is 3.40. The van der Waals surface area contributed by atoms with E-state index in [9.17, 15) is 4.79 Å². The summed E-state index contributed by atoms with van der Waals surface area (Å²) in [7, 11) is 3.00. The van der Waals surface area contributed by atoms with Gasteiger partial charge < -0.3 is 14.2 Å². The molecule has 0 heterocycles. The molecule has 0 fully saturated rings. The van der Waals surface area contributed by atoms with Crippen molar-refractivity contribution in [2.75, 3.05) is 14.2 Å². The van der Waals surface area contributed by atoms with Crippen molar-refractivity contribution in [2.24, 2.45) is 5.10 Å². The van der Waals surface area contributed by atoms with Crippen molar-refractivity contribution in [3.05, 3.63) is 87.4 Å². The van der Waals surface area contributed by atoms with Crippen molar-refractivity contribution < 1.29 is 19.0 Å². The second-order valence-corrected chi connectivity index (χ2v) is 7.17. The van der Waals surface area contributed by atoms with Gasteiger partial charge >= 0.3 is 0 Å². The molecule has 1 N–H and O–H groups in total. The summed E-state index contributed by atoms with van der Waals surface area (Å²) >= 11 is 12.2. The molecule has 3 aromatic rings. The van der Waals surface area contributed by atoms with E-state index in [0.717, 1.165) is 5.56 Å². The summed E-state index contributed by atoms with van der Waals surface area (Å²) in [6.07, 6.45) is 1.43. The standard InChI is InChI=1S/C23H20Cl2N2O4/c1-29-21-12-17(8-9-20(21)31-14-15-6-4-3-5-7-15)23(28)27-26-13-16-10-18(24)22(30-2)19(25)11-16/h3-13H,14H2,1-2H3,(H,27,28)/b26-13+. The average molecular weight is 459 g/mol. The number of carbonyl (C=O) groups excluding carboxylic acids is 1. The van der Waals surface area contributed by atoms with Crippen LogP contribution in [0.15, 0.2) is 65.8 Å². The molecule has 6 nitrogen and oxygen atoms in total. The molecule has 3 rings (SSSR count). The van der Waals surface area contributed by atoms with Gasteiger partial charge in [-0.1, -0.05) is 53.5 Å². The molecule has 0 aromatic heterocycles. The molecule has 0 spiro atoms. The van der Waals surface area contributed by atoms with Crippen LogP contribution in [-0.4, -0.2) is 26.3 Å². The Bertz CT molecular complexity index is 1070. The maximum Gasteiger partial charge on any atom is 0.271 e. The number of methoxy groups -OCH3 is 2. The van der Waals surface area contributed by atoms with Crippen LogP contribution in [-0.2, 0) is 6.61 Å². The van der Waals surface area contributed by atoms with Gasteiger partial charge in [0, 0.05) is 5.56 Å². The number of hydrogen-bond donors (Lipinski definition) is 1. The van der Waals surface area contributed by atoms with Crippen molar-refractivity contribution in [3.63, 3.8) is 0 Å². The molecule has 0 unspecified atom stereocenters. The van der Waals surface area contributed by atoms with E-state index in [4.69, 9.17) is 37.4 Å². The highest BCUT2D eigenvalue weighted by Crippen LogP contribution is 2.33. The summed E-state index contributed by atoms with van der Waals surface area (Å²) in [4.78, 5) is 12.4. The lowest BCUT2D eigenvalue weighted by molar-refractivity contribution is 0.0954. The first-order valence-electron chi connectivity index (χ1n) is 9.23. The molecule has 8 heteroatoms. The molecule has 160 valence electrons. The molecule has 0 saturated carbocycles. The number of benzene rings is 3. The van der Waals surface area contributed by atoms with E-state index in [0.29, 0.717) is 45.0 Å². The third-order valence-corrected chi connectivity index (χ3v) is 4.83.